The van der Waals surface area contributed by atoms with Crippen LogP contribution in [-0.4, -0.2) is 53.9 Å². The first kappa shape index (κ1) is 32.3. The molecule has 3 N–H and O–H groups in total. The molecule has 0 fully saturated rings. The minimum Gasteiger partial charge on any atom is -0.465 e. The lowest BCUT2D eigenvalue weighted by Crippen LogP contribution is -2.33. The molecule has 0 aliphatic carbocycles. The smallest absolute Gasteiger partial charge is 0.341 e. The van der Waals surface area contributed by atoms with Crippen molar-refractivity contribution in [3.63, 3.8) is 0 Å². The van der Waals surface area contributed by atoms with Gasteiger partial charge >= 0.3 is 5.97 Å². The van der Waals surface area contributed by atoms with E-state index in [9.17, 15) is 24.0 Å². The van der Waals surface area contributed by atoms with Gasteiger partial charge in [0, 0.05) is 40.6 Å². The molecule has 0 saturated heterocycles. The van der Waals surface area contributed by atoms with Gasteiger partial charge in [0.15, 0.2) is 0 Å². The number of methoxy groups -OCH3 is 1. The molecule has 2 aromatic carbocycles. The topological polar surface area (TPSA) is 147 Å². The number of thioether (sulfide) groups is 1. The number of carbonyl (C=O) groups excluding carboxylic acids is 5. The van der Waals surface area contributed by atoms with E-state index in [-0.39, 0.29) is 23.3 Å². The Bertz CT molecular complexity index is 1800. The van der Waals surface area contributed by atoms with Crippen molar-refractivity contribution < 1.29 is 33.1 Å². The molecule has 0 atom stereocenters. The molecule has 0 saturated carbocycles. The Hall–Kier alpha value is -5.14. The van der Waals surface area contributed by atoms with E-state index in [2.05, 4.69) is 16.0 Å². The number of rotatable bonds is 10. The Labute approximate surface area is 273 Å². The minimum absolute atomic E-state index is 0.0206. The third-order valence-corrected chi connectivity index (χ3v) is 9.09. The number of furan rings is 1. The van der Waals surface area contributed by atoms with Crippen molar-refractivity contribution in [3.05, 3.63) is 106 Å². The summed E-state index contributed by atoms with van der Waals surface area (Å²) in [7, 11) is 1.29. The number of benzene rings is 2. The van der Waals surface area contributed by atoms with E-state index in [4.69, 9.17) is 9.15 Å². The summed E-state index contributed by atoms with van der Waals surface area (Å²) in [5.74, 6) is -1.55. The maximum atomic E-state index is 13.3. The van der Waals surface area contributed by atoms with Crippen LogP contribution in [0.4, 0.5) is 10.7 Å². The zero-order chi connectivity index (χ0) is 32.6. The quantitative estimate of drug-likeness (QED) is 0.120. The highest BCUT2D eigenvalue weighted by molar-refractivity contribution is 8.00. The van der Waals surface area contributed by atoms with Gasteiger partial charge in [-0.05, 0) is 54.4 Å². The lowest BCUT2D eigenvalue weighted by Gasteiger charge is -2.25. The summed E-state index contributed by atoms with van der Waals surface area (Å²) in [4.78, 5) is 66.8. The molecular weight excluding hydrogens is 629 g/mol. The number of carbonyl (C=O) groups is 5. The van der Waals surface area contributed by atoms with Crippen molar-refractivity contribution in [1.29, 1.82) is 0 Å². The van der Waals surface area contributed by atoms with E-state index >= 15 is 0 Å². The summed E-state index contributed by atoms with van der Waals surface area (Å²) in [6, 6.07) is 18.8. The number of anilines is 2. The van der Waals surface area contributed by atoms with Crippen LogP contribution in [0.15, 0.2) is 88.0 Å². The molecular formula is C33H30N4O7S2. The van der Waals surface area contributed by atoms with Crippen molar-refractivity contribution in [1.82, 2.24) is 10.2 Å². The highest BCUT2D eigenvalue weighted by Gasteiger charge is 2.30. The van der Waals surface area contributed by atoms with Gasteiger partial charge in [0.25, 0.3) is 11.8 Å². The Morgan fingerprint density at radius 2 is 1.83 bits per heavy atom. The van der Waals surface area contributed by atoms with Gasteiger partial charge < -0.3 is 30.0 Å². The fourth-order valence-electron chi connectivity index (χ4n) is 4.71. The summed E-state index contributed by atoms with van der Waals surface area (Å²) in [6.45, 7) is 2.36. The average Bonchev–Trinajstić information content (AvgIpc) is 3.70. The first-order valence-electron chi connectivity index (χ1n) is 14.2. The lowest BCUT2D eigenvalue weighted by atomic mass is 10.0. The Kier molecular flexibility index (Phi) is 10.4. The van der Waals surface area contributed by atoms with E-state index in [0.29, 0.717) is 52.0 Å². The zero-order valence-corrected chi connectivity index (χ0v) is 26.6. The second-order valence-electron chi connectivity index (χ2n) is 10.1. The summed E-state index contributed by atoms with van der Waals surface area (Å²) in [5.41, 5.74) is 1.93. The molecule has 0 unspecified atom stereocenters. The molecule has 0 radical (unpaired) electrons. The van der Waals surface area contributed by atoms with E-state index in [1.165, 1.54) is 49.5 Å². The molecule has 4 aromatic rings. The standard InChI is InChI=1S/C33H30N4O7S2/c1-20(38)37-14-13-25-27(18-37)46-32(29(25)33(42)43-2)36-28(39)19-45-24-12-6-10-22(16-24)34-31(41)26(17-23-11-7-15-44-23)35-30(40)21-8-4-3-5-9-21/h3-12,15-17H,13-14,18-19H2,1-2H3,(H,34,41)(H,35,40)(H,36,39)/b26-17-. The van der Waals surface area contributed by atoms with Gasteiger partial charge in [0.2, 0.25) is 11.8 Å². The van der Waals surface area contributed by atoms with E-state index in [0.717, 1.165) is 10.4 Å². The number of nitrogens with zero attached hydrogens (tertiary/aromatic N) is 1. The van der Waals surface area contributed by atoms with Crippen LogP contribution in [0.3, 0.4) is 0 Å². The summed E-state index contributed by atoms with van der Waals surface area (Å²) < 4.78 is 10.3. The largest absolute Gasteiger partial charge is 0.465 e. The van der Waals surface area contributed by atoms with Crippen LogP contribution in [0.1, 0.15) is 43.8 Å². The zero-order valence-electron chi connectivity index (χ0n) is 25.0. The first-order chi connectivity index (χ1) is 22.2. The molecule has 46 heavy (non-hydrogen) atoms. The van der Waals surface area contributed by atoms with Crippen LogP contribution in [-0.2, 0) is 32.1 Å². The number of thiophene rings is 1. The highest BCUT2D eigenvalue weighted by atomic mass is 32.2. The van der Waals surface area contributed by atoms with Gasteiger partial charge in [-0.3, -0.25) is 19.2 Å². The lowest BCUT2D eigenvalue weighted by molar-refractivity contribution is -0.129. The third-order valence-electron chi connectivity index (χ3n) is 6.97. The molecule has 11 nitrogen and oxygen atoms in total. The number of amides is 4. The van der Waals surface area contributed by atoms with Gasteiger partial charge in [0.1, 0.15) is 16.5 Å². The fraction of sp³-hybridized carbons (Fsp3) is 0.182. The molecule has 4 amide bonds. The van der Waals surface area contributed by atoms with Gasteiger partial charge in [-0.1, -0.05) is 24.3 Å². The van der Waals surface area contributed by atoms with Crippen LogP contribution >= 0.6 is 23.1 Å². The third kappa shape index (κ3) is 7.92. The van der Waals surface area contributed by atoms with Gasteiger partial charge in [-0.2, -0.15) is 0 Å². The Morgan fingerprint density at radius 1 is 1.02 bits per heavy atom. The Morgan fingerprint density at radius 3 is 2.54 bits per heavy atom. The van der Waals surface area contributed by atoms with Gasteiger partial charge in [-0.15, -0.1) is 23.1 Å². The monoisotopic (exact) mass is 658 g/mol. The van der Waals surface area contributed by atoms with Crippen LogP contribution in [0, 0.1) is 0 Å². The second kappa shape index (κ2) is 14.8. The van der Waals surface area contributed by atoms with Crippen molar-refractivity contribution >= 4 is 69.5 Å². The average molecular weight is 659 g/mol. The minimum atomic E-state index is -0.569. The summed E-state index contributed by atoms with van der Waals surface area (Å²) in [6.07, 6.45) is 3.39. The highest BCUT2D eigenvalue weighted by Crippen LogP contribution is 2.38. The van der Waals surface area contributed by atoms with Crippen molar-refractivity contribution in [2.75, 3.05) is 30.0 Å². The van der Waals surface area contributed by atoms with Crippen LogP contribution in [0.2, 0.25) is 0 Å². The van der Waals surface area contributed by atoms with Crippen molar-refractivity contribution in [2.24, 2.45) is 0 Å². The predicted octanol–water partition coefficient (Wildman–Crippen LogP) is 5.17. The number of ether oxygens (including phenoxy) is 1. The molecule has 0 spiro atoms. The summed E-state index contributed by atoms with van der Waals surface area (Å²) in [5, 5.41) is 8.67. The molecule has 1 aliphatic rings. The van der Waals surface area contributed by atoms with Gasteiger partial charge in [-0.25, -0.2) is 4.79 Å². The SMILES string of the molecule is COC(=O)c1c(NC(=O)CSc2cccc(NC(=O)/C(=C/c3ccco3)NC(=O)c3ccccc3)c2)sc2c1CCN(C(C)=O)C2. The number of nitrogens with one attached hydrogen (secondary N) is 3. The molecule has 3 heterocycles. The predicted molar refractivity (Wildman–Crippen MR) is 175 cm³/mol. The van der Waals surface area contributed by atoms with Crippen molar-refractivity contribution in [3.8, 4) is 0 Å². The molecule has 13 heteroatoms. The normalized spacial score (nSPS) is 12.6. The molecule has 0 bridgehead atoms. The van der Waals surface area contributed by atoms with E-state index in [1.807, 2.05) is 0 Å². The van der Waals surface area contributed by atoms with Crippen molar-refractivity contribution in [2.45, 2.75) is 24.8 Å². The molecule has 236 valence electrons. The number of esters is 1. The number of fused-ring (bicyclic) bond motifs is 1. The van der Waals surface area contributed by atoms with E-state index in [1.54, 1.807) is 71.6 Å². The summed E-state index contributed by atoms with van der Waals surface area (Å²) >= 11 is 2.51. The molecule has 5 rings (SSSR count). The second-order valence-corrected chi connectivity index (χ2v) is 12.3. The fourth-order valence-corrected chi connectivity index (χ4v) is 6.73. The number of hydrogen-bond acceptors (Lipinski definition) is 9. The van der Waals surface area contributed by atoms with Crippen LogP contribution < -0.4 is 16.0 Å². The Balaban J connectivity index is 1.24. The molecule has 1 aliphatic heterocycles. The van der Waals surface area contributed by atoms with Crippen LogP contribution in [0.5, 0.6) is 0 Å². The maximum Gasteiger partial charge on any atom is 0.341 e. The van der Waals surface area contributed by atoms with Gasteiger partial charge in [0.05, 0.1) is 31.2 Å². The van der Waals surface area contributed by atoms with Crippen LogP contribution in [0.25, 0.3) is 6.08 Å². The first-order valence-corrected chi connectivity index (χ1v) is 16.0. The number of hydrogen-bond donors (Lipinski definition) is 3. The molecule has 2 aromatic heterocycles. The van der Waals surface area contributed by atoms with E-state index < -0.39 is 17.8 Å². The maximum absolute atomic E-state index is 13.3.